The Hall–Kier alpha value is -2.11. The molecule has 1 aromatic rings. The molecule has 1 aliphatic heterocycles. The Morgan fingerprint density at radius 1 is 1.29 bits per heavy atom. The Morgan fingerprint density at radius 3 is 2.50 bits per heavy atom. The second kappa shape index (κ2) is 6.79. The van der Waals surface area contributed by atoms with E-state index in [0.29, 0.717) is 0 Å². The van der Waals surface area contributed by atoms with Crippen LogP contribution in [0.1, 0.15) is 39.7 Å². The number of rotatable bonds is 3. The molecule has 0 aromatic heterocycles. The summed E-state index contributed by atoms with van der Waals surface area (Å²) in [5.74, 6) is -0.627. The van der Waals surface area contributed by atoms with E-state index in [0.717, 1.165) is 10.5 Å². The van der Waals surface area contributed by atoms with Crippen molar-refractivity contribution in [2.24, 2.45) is 0 Å². The van der Waals surface area contributed by atoms with Crippen LogP contribution in [0.3, 0.4) is 0 Å². The minimum Gasteiger partial charge on any atom is -0.459 e. The van der Waals surface area contributed by atoms with Gasteiger partial charge in [0.15, 0.2) is 0 Å². The lowest BCUT2D eigenvalue weighted by Gasteiger charge is -2.33. The Labute approximate surface area is 141 Å². The fraction of sp³-hybridized carbons (Fsp3) is 0.556. The third kappa shape index (κ3) is 4.24. The van der Waals surface area contributed by atoms with Crippen molar-refractivity contribution in [3.05, 3.63) is 35.9 Å². The predicted molar refractivity (Wildman–Crippen MR) is 87.1 cm³/mol. The minimum absolute atomic E-state index is 0.0778. The molecule has 1 saturated heterocycles. The smallest absolute Gasteiger partial charge is 0.411 e. The van der Waals surface area contributed by atoms with E-state index in [2.05, 4.69) is 0 Å². The monoisotopic (exact) mass is 337 g/mol. The average molecular weight is 337 g/mol. The van der Waals surface area contributed by atoms with Gasteiger partial charge in [-0.05, 0) is 33.3 Å². The van der Waals surface area contributed by atoms with Crippen molar-refractivity contribution in [3.63, 3.8) is 0 Å². The maximum atomic E-state index is 13.9. The van der Waals surface area contributed by atoms with Gasteiger partial charge in [0.1, 0.15) is 23.9 Å². The average Bonchev–Trinajstić information content (AvgIpc) is 2.80. The number of amides is 1. The van der Waals surface area contributed by atoms with E-state index in [4.69, 9.17) is 9.47 Å². The summed E-state index contributed by atoms with van der Waals surface area (Å²) in [6, 6.07) is 9.19. The lowest BCUT2D eigenvalue weighted by atomic mass is 9.99. The maximum Gasteiger partial charge on any atom is 0.411 e. The van der Waals surface area contributed by atoms with Crippen LogP contribution in [0, 0.1) is 0 Å². The van der Waals surface area contributed by atoms with E-state index < -0.39 is 29.4 Å². The number of alkyl halides is 1. The fourth-order valence-electron chi connectivity index (χ4n) is 2.67. The van der Waals surface area contributed by atoms with Gasteiger partial charge in [0, 0.05) is 6.42 Å². The van der Waals surface area contributed by atoms with Crippen LogP contribution in [0.5, 0.6) is 0 Å². The van der Waals surface area contributed by atoms with E-state index in [9.17, 15) is 14.0 Å². The molecule has 0 radical (unpaired) electrons. The fourth-order valence-corrected chi connectivity index (χ4v) is 2.67. The molecule has 0 spiro atoms. The number of esters is 1. The predicted octanol–water partition coefficient (Wildman–Crippen LogP) is 3.47. The second-order valence-electron chi connectivity index (χ2n) is 7.23. The van der Waals surface area contributed by atoms with Crippen molar-refractivity contribution in [2.75, 3.05) is 6.54 Å². The van der Waals surface area contributed by atoms with Gasteiger partial charge in [-0.2, -0.15) is 0 Å². The first-order chi connectivity index (χ1) is 11.1. The molecule has 2 rings (SSSR count). The number of likely N-dealkylation sites (tertiary alicyclic amines) is 1. The number of ether oxygens (including phenoxy) is 2. The highest BCUT2D eigenvalue weighted by molar-refractivity contribution is 5.86. The largest absolute Gasteiger partial charge is 0.459 e. The summed E-state index contributed by atoms with van der Waals surface area (Å²) in [4.78, 5) is 26.0. The van der Waals surface area contributed by atoms with Crippen LogP contribution in [0.4, 0.5) is 9.18 Å². The van der Waals surface area contributed by atoms with Crippen molar-refractivity contribution in [2.45, 2.75) is 58.0 Å². The molecule has 1 fully saturated rings. The standard InChI is InChI=1S/C18H24FNO4/c1-17(2,3)24-16(22)20-11-14(19)10-18(20,4)15(21)23-12-13-8-6-5-7-9-13/h5-9,14H,10-12H2,1-4H3/t14-,18?/m0/s1. The van der Waals surface area contributed by atoms with Crippen LogP contribution in [-0.4, -0.2) is 40.8 Å². The van der Waals surface area contributed by atoms with Crippen LogP contribution in [-0.2, 0) is 20.9 Å². The number of carbonyl (C=O) groups excluding carboxylic acids is 2. The lowest BCUT2D eigenvalue weighted by Crippen LogP contribution is -2.52. The number of halogens is 1. The van der Waals surface area contributed by atoms with Crippen LogP contribution in [0.25, 0.3) is 0 Å². The highest BCUT2D eigenvalue weighted by atomic mass is 19.1. The zero-order chi connectivity index (χ0) is 18.0. The van der Waals surface area contributed by atoms with Crippen LogP contribution >= 0.6 is 0 Å². The molecule has 24 heavy (non-hydrogen) atoms. The summed E-state index contributed by atoms with van der Waals surface area (Å²) >= 11 is 0. The van der Waals surface area contributed by atoms with Gasteiger partial charge in [0.05, 0.1) is 6.54 Å². The topological polar surface area (TPSA) is 55.8 Å². The van der Waals surface area contributed by atoms with Gasteiger partial charge < -0.3 is 9.47 Å². The van der Waals surface area contributed by atoms with E-state index >= 15 is 0 Å². The van der Waals surface area contributed by atoms with Gasteiger partial charge in [-0.25, -0.2) is 14.0 Å². The Balaban J connectivity index is 2.09. The lowest BCUT2D eigenvalue weighted by molar-refractivity contribution is -0.156. The molecule has 1 aromatic carbocycles. The molecule has 1 amide bonds. The molecule has 1 heterocycles. The van der Waals surface area contributed by atoms with Gasteiger partial charge >= 0.3 is 12.1 Å². The summed E-state index contributed by atoms with van der Waals surface area (Å²) in [6.07, 6.45) is -2.09. The summed E-state index contributed by atoms with van der Waals surface area (Å²) in [5.41, 5.74) is -1.26. The van der Waals surface area contributed by atoms with Crippen molar-refractivity contribution in [3.8, 4) is 0 Å². The molecular weight excluding hydrogens is 313 g/mol. The molecule has 0 N–H and O–H groups in total. The summed E-state index contributed by atoms with van der Waals surface area (Å²) in [5, 5.41) is 0. The summed E-state index contributed by atoms with van der Waals surface area (Å²) < 4.78 is 24.5. The molecule has 0 aliphatic carbocycles. The number of carbonyl (C=O) groups is 2. The summed E-state index contributed by atoms with van der Waals surface area (Å²) in [6.45, 7) is 6.58. The van der Waals surface area contributed by atoms with Gasteiger partial charge in [0.25, 0.3) is 0 Å². The first-order valence-corrected chi connectivity index (χ1v) is 7.98. The van der Waals surface area contributed by atoms with Crippen LogP contribution in [0.15, 0.2) is 30.3 Å². The summed E-state index contributed by atoms with van der Waals surface area (Å²) in [7, 11) is 0. The van der Waals surface area contributed by atoms with E-state index in [1.807, 2.05) is 30.3 Å². The molecule has 0 saturated carbocycles. The zero-order valence-electron chi connectivity index (χ0n) is 14.5. The molecule has 1 aliphatic rings. The highest BCUT2D eigenvalue weighted by Crippen LogP contribution is 2.33. The third-order valence-corrected chi connectivity index (χ3v) is 3.86. The number of benzene rings is 1. The van der Waals surface area contributed by atoms with Crippen molar-refractivity contribution >= 4 is 12.1 Å². The van der Waals surface area contributed by atoms with E-state index in [-0.39, 0.29) is 19.6 Å². The number of hydrogen-bond acceptors (Lipinski definition) is 4. The maximum absolute atomic E-state index is 13.9. The molecule has 2 atom stereocenters. The first kappa shape index (κ1) is 18.2. The Bertz CT molecular complexity index is 599. The second-order valence-corrected chi connectivity index (χ2v) is 7.23. The van der Waals surface area contributed by atoms with Crippen molar-refractivity contribution in [1.82, 2.24) is 4.90 Å². The molecule has 132 valence electrons. The zero-order valence-corrected chi connectivity index (χ0v) is 14.5. The molecule has 5 nitrogen and oxygen atoms in total. The molecule has 6 heteroatoms. The normalized spacial score (nSPS) is 23.9. The van der Waals surface area contributed by atoms with Gasteiger partial charge in [-0.15, -0.1) is 0 Å². The molecule has 1 unspecified atom stereocenters. The van der Waals surface area contributed by atoms with Crippen LogP contribution in [0.2, 0.25) is 0 Å². The molecular formula is C18H24FNO4. The van der Waals surface area contributed by atoms with Gasteiger partial charge in [-0.3, -0.25) is 4.90 Å². The van der Waals surface area contributed by atoms with Crippen molar-refractivity contribution in [1.29, 1.82) is 0 Å². The number of hydrogen-bond donors (Lipinski definition) is 0. The third-order valence-electron chi connectivity index (χ3n) is 3.86. The van der Waals surface area contributed by atoms with Crippen molar-refractivity contribution < 1.29 is 23.5 Å². The van der Waals surface area contributed by atoms with Gasteiger partial charge in [0.2, 0.25) is 0 Å². The first-order valence-electron chi connectivity index (χ1n) is 7.98. The highest BCUT2D eigenvalue weighted by Gasteiger charge is 2.52. The molecule has 0 bridgehead atoms. The van der Waals surface area contributed by atoms with Gasteiger partial charge in [-0.1, -0.05) is 30.3 Å². The van der Waals surface area contributed by atoms with E-state index in [1.54, 1.807) is 20.8 Å². The minimum atomic E-state index is -1.36. The SMILES string of the molecule is CC(C)(C)OC(=O)N1C[C@@H](F)CC1(C)C(=O)OCc1ccccc1. The Morgan fingerprint density at radius 2 is 1.92 bits per heavy atom. The number of nitrogens with zero attached hydrogens (tertiary/aromatic N) is 1. The Kier molecular flexibility index (Phi) is 5.16. The van der Waals surface area contributed by atoms with E-state index in [1.165, 1.54) is 6.92 Å². The van der Waals surface area contributed by atoms with Crippen LogP contribution < -0.4 is 0 Å². The quantitative estimate of drug-likeness (QED) is 0.793.